The number of rotatable bonds is 7. The van der Waals surface area contributed by atoms with E-state index in [0.29, 0.717) is 6.42 Å². The minimum absolute atomic E-state index is 0.207. The van der Waals surface area contributed by atoms with Crippen LogP contribution in [0.25, 0.3) is 0 Å². The topological polar surface area (TPSA) is 74.7 Å². The van der Waals surface area contributed by atoms with Gasteiger partial charge in [-0.25, -0.2) is 17.6 Å². The number of carboxylic acid groups (broad SMARTS) is 1. The van der Waals surface area contributed by atoms with E-state index in [-0.39, 0.29) is 18.7 Å². The standard InChI is InChI=1S/C13H18FNO4S/c1-3-5-8-15(4-2)20(18,19)12-9-10(13(16)17)6-7-11(12)14/h6-7,9H,3-5,8H2,1-2H3,(H,16,17). The largest absolute Gasteiger partial charge is 0.478 e. The van der Waals surface area contributed by atoms with Crippen LogP contribution in [0.1, 0.15) is 37.0 Å². The highest BCUT2D eigenvalue weighted by molar-refractivity contribution is 7.89. The first-order valence-corrected chi connectivity index (χ1v) is 7.81. The Morgan fingerprint density at radius 3 is 2.50 bits per heavy atom. The lowest BCUT2D eigenvalue weighted by atomic mass is 10.2. The summed E-state index contributed by atoms with van der Waals surface area (Å²) in [4.78, 5) is 10.3. The summed E-state index contributed by atoms with van der Waals surface area (Å²) in [6.07, 6.45) is 1.47. The number of nitrogens with zero attached hydrogens (tertiary/aromatic N) is 1. The van der Waals surface area contributed by atoms with Crippen molar-refractivity contribution in [2.24, 2.45) is 0 Å². The van der Waals surface area contributed by atoms with E-state index >= 15 is 0 Å². The second-order valence-corrected chi connectivity index (χ2v) is 6.21. The van der Waals surface area contributed by atoms with Crippen molar-refractivity contribution in [3.8, 4) is 0 Å². The normalized spacial score (nSPS) is 11.8. The maximum absolute atomic E-state index is 13.7. The Bertz CT molecular complexity index is 586. The predicted octanol–water partition coefficient (Wildman–Crippen LogP) is 2.33. The Labute approximate surface area is 118 Å². The maximum atomic E-state index is 13.7. The van der Waals surface area contributed by atoms with Crippen LogP contribution in [-0.2, 0) is 10.0 Å². The van der Waals surface area contributed by atoms with Crippen LogP contribution in [0.5, 0.6) is 0 Å². The Morgan fingerprint density at radius 1 is 1.35 bits per heavy atom. The second kappa shape index (κ2) is 6.81. The van der Waals surface area contributed by atoms with Gasteiger partial charge >= 0.3 is 5.97 Å². The number of carboxylic acids is 1. The molecule has 0 aromatic heterocycles. The Hall–Kier alpha value is -1.47. The Balaban J connectivity index is 3.26. The van der Waals surface area contributed by atoms with E-state index in [9.17, 15) is 17.6 Å². The number of benzene rings is 1. The summed E-state index contributed by atoms with van der Waals surface area (Å²) in [6.45, 7) is 4.07. The van der Waals surface area contributed by atoms with Gasteiger partial charge in [-0.05, 0) is 24.6 Å². The lowest BCUT2D eigenvalue weighted by Crippen LogP contribution is -2.32. The van der Waals surface area contributed by atoms with Gasteiger partial charge in [-0.2, -0.15) is 4.31 Å². The molecule has 0 saturated heterocycles. The van der Waals surface area contributed by atoms with E-state index in [0.717, 1.165) is 28.9 Å². The maximum Gasteiger partial charge on any atom is 0.335 e. The third-order valence-corrected chi connectivity index (χ3v) is 4.90. The van der Waals surface area contributed by atoms with Crippen LogP contribution in [0.3, 0.4) is 0 Å². The first kappa shape index (κ1) is 16.6. The van der Waals surface area contributed by atoms with Crippen molar-refractivity contribution in [1.82, 2.24) is 4.31 Å². The minimum Gasteiger partial charge on any atom is -0.478 e. The molecule has 1 aromatic rings. The van der Waals surface area contributed by atoms with Crippen LogP contribution in [0.15, 0.2) is 23.1 Å². The van der Waals surface area contributed by atoms with Crippen LogP contribution in [-0.4, -0.2) is 36.9 Å². The van der Waals surface area contributed by atoms with Crippen molar-refractivity contribution in [1.29, 1.82) is 0 Å². The van der Waals surface area contributed by atoms with E-state index in [1.54, 1.807) is 6.92 Å². The third-order valence-electron chi connectivity index (χ3n) is 2.91. The molecule has 0 aliphatic carbocycles. The van der Waals surface area contributed by atoms with E-state index in [1.807, 2.05) is 6.92 Å². The molecule has 0 amide bonds. The summed E-state index contributed by atoms with van der Waals surface area (Å²) in [5, 5.41) is 8.87. The van der Waals surface area contributed by atoms with Crippen molar-refractivity contribution < 1.29 is 22.7 Å². The van der Waals surface area contributed by atoms with Gasteiger partial charge in [-0.1, -0.05) is 20.3 Å². The molecule has 0 aliphatic rings. The van der Waals surface area contributed by atoms with Gasteiger partial charge in [0.2, 0.25) is 10.0 Å². The van der Waals surface area contributed by atoms with Gasteiger partial charge in [-0.3, -0.25) is 0 Å². The summed E-state index contributed by atoms with van der Waals surface area (Å²) < 4.78 is 39.6. The number of unbranched alkanes of at least 4 members (excludes halogenated alkanes) is 1. The van der Waals surface area contributed by atoms with Crippen LogP contribution in [0, 0.1) is 5.82 Å². The number of sulfonamides is 1. The number of aromatic carboxylic acids is 1. The predicted molar refractivity (Wildman–Crippen MR) is 72.7 cm³/mol. The van der Waals surface area contributed by atoms with Crippen LogP contribution in [0.2, 0.25) is 0 Å². The van der Waals surface area contributed by atoms with Gasteiger partial charge in [0.15, 0.2) is 0 Å². The number of hydrogen-bond donors (Lipinski definition) is 1. The highest BCUT2D eigenvalue weighted by atomic mass is 32.2. The molecule has 0 bridgehead atoms. The van der Waals surface area contributed by atoms with Crippen molar-refractivity contribution in [3.63, 3.8) is 0 Å². The molecule has 5 nitrogen and oxygen atoms in total. The molecule has 1 N–H and O–H groups in total. The van der Waals surface area contributed by atoms with Crippen molar-refractivity contribution >= 4 is 16.0 Å². The Morgan fingerprint density at radius 2 is 2.00 bits per heavy atom. The molecule has 0 aliphatic heterocycles. The third kappa shape index (κ3) is 3.55. The van der Waals surface area contributed by atoms with E-state index < -0.39 is 26.7 Å². The second-order valence-electron chi connectivity index (χ2n) is 4.30. The van der Waals surface area contributed by atoms with Crippen molar-refractivity contribution in [3.05, 3.63) is 29.6 Å². The molecule has 0 atom stereocenters. The molecular weight excluding hydrogens is 285 g/mol. The molecule has 0 unspecified atom stereocenters. The fourth-order valence-electron chi connectivity index (χ4n) is 1.76. The quantitative estimate of drug-likeness (QED) is 0.839. The fraction of sp³-hybridized carbons (Fsp3) is 0.462. The average molecular weight is 303 g/mol. The highest BCUT2D eigenvalue weighted by Crippen LogP contribution is 2.21. The van der Waals surface area contributed by atoms with Crippen molar-refractivity contribution in [2.75, 3.05) is 13.1 Å². The van der Waals surface area contributed by atoms with E-state index in [2.05, 4.69) is 0 Å². The number of carbonyl (C=O) groups is 1. The lowest BCUT2D eigenvalue weighted by Gasteiger charge is -2.20. The van der Waals surface area contributed by atoms with Crippen LogP contribution in [0.4, 0.5) is 4.39 Å². The zero-order chi connectivity index (χ0) is 15.3. The van der Waals surface area contributed by atoms with Gasteiger partial charge in [0.05, 0.1) is 5.56 Å². The molecule has 1 aromatic carbocycles. The molecule has 112 valence electrons. The smallest absolute Gasteiger partial charge is 0.335 e. The summed E-state index contributed by atoms with van der Waals surface area (Å²) in [5.74, 6) is -2.23. The minimum atomic E-state index is -4.02. The zero-order valence-corrected chi connectivity index (χ0v) is 12.3. The van der Waals surface area contributed by atoms with Gasteiger partial charge in [0.1, 0.15) is 10.7 Å². The summed E-state index contributed by atoms with van der Waals surface area (Å²) >= 11 is 0. The molecule has 0 radical (unpaired) electrons. The molecule has 7 heteroatoms. The average Bonchev–Trinajstić information content (AvgIpc) is 2.39. The SMILES string of the molecule is CCCCN(CC)S(=O)(=O)c1cc(C(=O)O)ccc1F. The van der Waals surface area contributed by atoms with E-state index in [1.165, 1.54) is 0 Å². The number of halogens is 1. The molecule has 20 heavy (non-hydrogen) atoms. The van der Waals surface area contributed by atoms with Gasteiger partial charge in [0.25, 0.3) is 0 Å². The zero-order valence-electron chi connectivity index (χ0n) is 11.5. The van der Waals surface area contributed by atoms with E-state index in [4.69, 9.17) is 5.11 Å². The summed E-state index contributed by atoms with van der Waals surface area (Å²) in [7, 11) is -4.02. The first-order chi connectivity index (χ1) is 9.34. The molecule has 0 heterocycles. The molecular formula is C13H18FNO4S. The van der Waals surface area contributed by atoms with Gasteiger partial charge in [0, 0.05) is 13.1 Å². The fourth-order valence-corrected chi connectivity index (χ4v) is 3.33. The summed E-state index contributed by atoms with van der Waals surface area (Å²) in [6, 6.07) is 2.77. The molecule has 1 rings (SSSR count). The summed E-state index contributed by atoms with van der Waals surface area (Å²) in [5.41, 5.74) is -0.253. The van der Waals surface area contributed by atoms with Crippen LogP contribution >= 0.6 is 0 Å². The molecule has 0 spiro atoms. The Kier molecular flexibility index (Phi) is 5.64. The monoisotopic (exact) mass is 303 g/mol. The first-order valence-electron chi connectivity index (χ1n) is 6.37. The lowest BCUT2D eigenvalue weighted by molar-refractivity contribution is 0.0696. The van der Waals surface area contributed by atoms with Crippen LogP contribution < -0.4 is 0 Å². The highest BCUT2D eigenvalue weighted by Gasteiger charge is 2.27. The number of hydrogen-bond acceptors (Lipinski definition) is 3. The van der Waals surface area contributed by atoms with Gasteiger partial charge in [-0.15, -0.1) is 0 Å². The molecule has 0 saturated carbocycles. The molecule has 0 fully saturated rings. The van der Waals surface area contributed by atoms with Gasteiger partial charge < -0.3 is 5.11 Å². The van der Waals surface area contributed by atoms with Crippen molar-refractivity contribution in [2.45, 2.75) is 31.6 Å².